The minimum atomic E-state index is -0.102. The topological polar surface area (TPSA) is 95.2 Å². The molecule has 0 aliphatic heterocycles. The molecule has 0 spiro atoms. The number of hydrogen-bond donors (Lipinski definition) is 2. The van der Waals surface area contributed by atoms with Crippen LogP contribution in [0.4, 0.5) is 0 Å². The van der Waals surface area contributed by atoms with Crippen LogP contribution in [0.2, 0.25) is 5.02 Å². The fourth-order valence-electron chi connectivity index (χ4n) is 1.82. The maximum atomic E-state index is 6.18. The third-order valence-corrected chi connectivity index (χ3v) is 3.19. The highest BCUT2D eigenvalue weighted by atomic mass is 35.5. The Morgan fingerprint density at radius 2 is 1.76 bits per heavy atom. The fraction of sp³-hybridized carbons (Fsp3) is 0.176. The lowest BCUT2D eigenvalue weighted by atomic mass is 10.2. The zero-order chi connectivity index (χ0) is 17.2. The summed E-state index contributed by atoms with van der Waals surface area (Å²) in [5.74, 6) is 1.35. The van der Waals surface area contributed by atoms with E-state index in [1.807, 2.05) is 36.4 Å². The number of hydrogen-bond acceptors (Lipinski definition) is 4. The van der Waals surface area contributed by atoms with Gasteiger partial charge in [0.15, 0.2) is 0 Å². The van der Waals surface area contributed by atoms with E-state index in [1.54, 1.807) is 12.1 Å². The number of rotatable bonds is 8. The van der Waals surface area contributed by atoms with Crippen molar-refractivity contribution in [2.75, 3.05) is 13.2 Å². The van der Waals surface area contributed by atoms with Gasteiger partial charge >= 0.3 is 0 Å². The fourth-order valence-corrected chi connectivity index (χ4v) is 2.07. The van der Waals surface area contributed by atoms with Gasteiger partial charge in [-0.25, -0.2) is 0 Å². The Hall–Kier alpha value is -2.44. The van der Waals surface area contributed by atoms with E-state index >= 15 is 0 Å². The molecule has 0 bridgehead atoms. The van der Waals surface area contributed by atoms with Crippen LogP contribution in [0.1, 0.15) is 12.0 Å². The van der Waals surface area contributed by atoms with Crippen molar-refractivity contribution in [3.05, 3.63) is 59.1 Å². The van der Waals surface area contributed by atoms with E-state index in [1.165, 1.54) is 6.21 Å². The Balaban J connectivity index is 0.00000312. The summed E-state index contributed by atoms with van der Waals surface area (Å²) in [4.78, 5) is 0. The second-order valence-electron chi connectivity index (χ2n) is 4.82. The molecule has 25 heavy (non-hydrogen) atoms. The van der Waals surface area contributed by atoms with Crippen LogP contribution >= 0.6 is 24.0 Å². The van der Waals surface area contributed by atoms with Crippen LogP contribution in [0.25, 0.3) is 0 Å². The summed E-state index contributed by atoms with van der Waals surface area (Å²) < 4.78 is 11.2. The number of guanidine groups is 1. The zero-order valence-corrected chi connectivity index (χ0v) is 15.0. The van der Waals surface area contributed by atoms with Gasteiger partial charge in [-0.1, -0.05) is 29.8 Å². The molecule has 8 heteroatoms. The molecule has 2 aromatic carbocycles. The highest BCUT2D eigenvalue weighted by Gasteiger charge is 2.02. The van der Waals surface area contributed by atoms with E-state index in [2.05, 4.69) is 10.2 Å². The van der Waals surface area contributed by atoms with Crippen molar-refractivity contribution in [3.8, 4) is 11.5 Å². The van der Waals surface area contributed by atoms with Crippen molar-refractivity contribution in [2.45, 2.75) is 6.42 Å². The molecule has 0 saturated carbocycles. The minimum absolute atomic E-state index is 0. The molecule has 0 heterocycles. The van der Waals surface area contributed by atoms with E-state index < -0.39 is 0 Å². The summed E-state index contributed by atoms with van der Waals surface area (Å²) >= 11 is 6.18. The van der Waals surface area contributed by atoms with Gasteiger partial charge in [0.05, 0.1) is 24.5 Å². The number of nitrogens with two attached hydrogens (primary N) is 2. The van der Waals surface area contributed by atoms with Crippen LogP contribution in [-0.4, -0.2) is 25.4 Å². The normalized spacial score (nSPS) is 10.1. The average molecular weight is 383 g/mol. The van der Waals surface area contributed by atoms with E-state index in [0.717, 1.165) is 17.7 Å². The van der Waals surface area contributed by atoms with E-state index in [9.17, 15) is 0 Å². The Morgan fingerprint density at radius 3 is 2.44 bits per heavy atom. The number of ether oxygens (including phenoxy) is 2. The number of nitrogens with zero attached hydrogens (tertiary/aromatic N) is 2. The van der Waals surface area contributed by atoms with Gasteiger partial charge in [0.25, 0.3) is 0 Å². The summed E-state index contributed by atoms with van der Waals surface area (Å²) in [6.45, 7) is 1.08. The summed E-state index contributed by atoms with van der Waals surface area (Å²) in [5.41, 5.74) is 11.1. The van der Waals surface area contributed by atoms with Gasteiger partial charge in [-0.3, -0.25) is 0 Å². The van der Waals surface area contributed by atoms with Gasteiger partial charge < -0.3 is 20.9 Å². The predicted molar refractivity (Wildman–Crippen MR) is 104 cm³/mol. The third kappa shape index (κ3) is 7.78. The lowest BCUT2D eigenvalue weighted by molar-refractivity contribution is 0.247. The molecule has 0 unspecified atom stereocenters. The first kappa shape index (κ1) is 20.6. The van der Waals surface area contributed by atoms with Crippen molar-refractivity contribution in [3.63, 3.8) is 0 Å². The Labute approximate surface area is 157 Å². The predicted octanol–water partition coefficient (Wildman–Crippen LogP) is 3.22. The molecule has 2 rings (SSSR count). The van der Waals surface area contributed by atoms with Crippen molar-refractivity contribution >= 4 is 36.2 Å². The SMILES string of the molecule is Cl.NC(N)=N/N=C/c1ccc(OCCCOc2ccccc2)c(Cl)c1. The largest absolute Gasteiger partial charge is 0.493 e. The standard InChI is InChI=1S/C17H19ClN4O2.ClH/c18-15-11-13(12-21-22-17(19)20)7-8-16(15)24-10-4-9-23-14-5-2-1-3-6-14;/h1-3,5-8,11-12H,4,9-10H2,(H4,19,20,22);1H/b21-12+;. The molecule has 0 radical (unpaired) electrons. The number of halogens is 2. The molecule has 4 N–H and O–H groups in total. The van der Waals surface area contributed by atoms with Crippen LogP contribution in [0.5, 0.6) is 11.5 Å². The molecule has 0 aliphatic rings. The maximum Gasteiger partial charge on any atom is 0.211 e. The minimum Gasteiger partial charge on any atom is -0.493 e. The first-order valence-electron chi connectivity index (χ1n) is 7.37. The molecule has 0 atom stereocenters. The maximum absolute atomic E-state index is 6.18. The van der Waals surface area contributed by atoms with E-state index in [-0.39, 0.29) is 18.4 Å². The molecule has 0 saturated heterocycles. The van der Waals surface area contributed by atoms with Crippen LogP contribution in [0, 0.1) is 0 Å². The third-order valence-electron chi connectivity index (χ3n) is 2.89. The Kier molecular flexibility index (Phi) is 9.21. The quantitative estimate of drug-likeness (QED) is 0.317. The lowest BCUT2D eigenvalue weighted by Gasteiger charge is -2.09. The number of benzene rings is 2. The highest BCUT2D eigenvalue weighted by molar-refractivity contribution is 6.32. The van der Waals surface area contributed by atoms with Crippen LogP contribution < -0.4 is 20.9 Å². The molecule has 0 fully saturated rings. The first-order chi connectivity index (χ1) is 11.6. The van der Waals surface area contributed by atoms with Crippen LogP contribution in [0.15, 0.2) is 58.7 Å². The van der Waals surface area contributed by atoms with Crippen molar-refractivity contribution < 1.29 is 9.47 Å². The number of para-hydroxylation sites is 1. The Bertz CT molecular complexity index is 705. The Morgan fingerprint density at radius 1 is 1.04 bits per heavy atom. The van der Waals surface area contributed by atoms with Gasteiger partial charge in [0.2, 0.25) is 5.96 Å². The summed E-state index contributed by atoms with van der Waals surface area (Å²) in [6.07, 6.45) is 2.25. The lowest BCUT2D eigenvalue weighted by Crippen LogP contribution is -2.21. The van der Waals surface area contributed by atoms with E-state index in [0.29, 0.717) is 24.0 Å². The van der Waals surface area contributed by atoms with Crippen molar-refractivity contribution in [2.24, 2.45) is 21.7 Å². The molecule has 6 nitrogen and oxygen atoms in total. The van der Waals surface area contributed by atoms with Crippen molar-refractivity contribution in [1.82, 2.24) is 0 Å². The molecule has 0 aliphatic carbocycles. The van der Waals surface area contributed by atoms with Gasteiger partial charge in [-0.05, 0) is 35.9 Å². The monoisotopic (exact) mass is 382 g/mol. The second-order valence-corrected chi connectivity index (χ2v) is 5.23. The van der Waals surface area contributed by atoms with Crippen molar-refractivity contribution in [1.29, 1.82) is 0 Å². The van der Waals surface area contributed by atoms with Crippen LogP contribution in [0.3, 0.4) is 0 Å². The molecular weight excluding hydrogens is 363 g/mol. The molecule has 2 aromatic rings. The van der Waals surface area contributed by atoms with Gasteiger partial charge in [0, 0.05) is 6.42 Å². The first-order valence-corrected chi connectivity index (χ1v) is 7.75. The van der Waals surface area contributed by atoms with E-state index in [4.69, 9.17) is 32.5 Å². The van der Waals surface area contributed by atoms with Gasteiger partial charge in [0.1, 0.15) is 11.5 Å². The zero-order valence-electron chi connectivity index (χ0n) is 13.5. The smallest absolute Gasteiger partial charge is 0.211 e. The highest BCUT2D eigenvalue weighted by Crippen LogP contribution is 2.25. The summed E-state index contributed by atoms with van der Waals surface area (Å²) in [5, 5.41) is 7.74. The second kappa shape index (κ2) is 11.2. The molecule has 134 valence electrons. The molecular formula is C17H20Cl2N4O2. The van der Waals surface area contributed by atoms with Gasteiger partial charge in [-0.2, -0.15) is 5.10 Å². The molecule has 0 aromatic heterocycles. The van der Waals surface area contributed by atoms with Gasteiger partial charge in [-0.15, -0.1) is 17.5 Å². The summed E-state index contributed by atoms with van der Waals surface area (Å²) in [7, 11) is 0. The summed E-state index contributed by atoms with van der Waals surface area (Å²) in [6, 6.07) is 15.0. The van der Waals surface area contributed by atoms with Crippen LogP contribution in [-0.2, 0) is 0 Å². The molecule has 0 amide bonds. The average Bonchev–Trinajstić information content (AvgIpc) is 2.57.